The number of aliphatic carboxylic acids is 1. The van der Waals surface area contributed by atoms with Gasteiger partial charge in [-0.1, -0.05) is 6.92 Å². The van der Waals surface area contributed by atoms with Gasteiger partial charge < -0.3 is 10.0 Å². The van der Waals surface area contributed by atoms with E-state index in [0.717, 1.165) is 12.2 Å². The smallest absolute Gasteiger partial charge is 0.303 e. The highest BCUT2D eigenvalue weighted by Crippen LogP contribution is 2.26. The van der Waals surface area contributed by atoms with Crippen molar-refractivity contribution in [2.45, 2.75) is 26.8 Å². The van der Waals surface area contributed by atoms with Gasteiger partial charge in [0, 0.05) is 31.9 Å². The zero-order valence-corrected chi connectivity index (χ0v) is 12.4. The molecule has 0 bridgehead atoms. The number of rotatable bonds is 5. The molecule has 1 aromatic rings. The number of amides is 1. The van der Waals surface area contributed by atoms with Crippen molar-refractivity contribution in [1.82, 2.24) is 14.7 Å². The Morgan fingerprint density at radius 1 is 1.48 bits per heavy atom. The van der Waals surface area contributed by atoms with Crippen molar-refractivity contribution < 1.29 is 14.7 Å². The van der Waals surface area contributed by atoms with Crippen LogP contribution in [-0.4, -0.2) is 44.8 Å². The van der Waals surface area contributed by atoms with Crippen LogP contribution in [-0.2, 0) is 16.1 Å². The number of aryl methyl sites for hydroxylation is 1. The van der Waals surface area contributed by atoms with E-state index < -0.39 is 5.97 Å². The van der Waals surface area contributed by atoms with Crippen molar-refractivity contribution in [2.75, 3.05) is 13.1 Å². The van der Waals surface area contributed by atoms with E-state index in [4.69, 9.17) is 5.11 Å². The highest BCUT2D eigenvalue weighted by Gasteiger charge is 2.32. The molecule has 1 fully saturated rings. The molecule has 0 aliphatic carbocycles. The Labute approximate surface area is 124 Å². The maximum Gasteiger partial charge on any atom is 0.303 e. The van der Waals surface area contributed by atoms with Gasteiger partial charge >= 0.3 is 5.97 Å². The molecule has 1 aliphatic heterocycles. The minimum Gasteiger partial charge on any atom is -0.481 e. The number of carboxylic acid groups (broad SMARTS) is 1. The molecule has 0 aromatic carbocycles. The highest BCUT2D eigenvalue weighted by molar-refractivity contribution is 5.91. The first-order chi connectivity index (χ1) is 10.0. The zero-order chi connectivity index (χ0) is 15.4. The number of hydrogen-bond acceptors (Lipinski definition) is 3. The van der Waals surface area contributed by atoms with Crippen molar-refractivity contribution in [3.05, 3.63) is 24.0 Å². The van der Waals surface area contributed by atoms with Gasteiger partial charge in [-0.3, -0.25) is 14.3 Å². The summed E-state index contributed by atoms with van der Waals surface area (Å²) in [7, 11) is 0. The Hall–Kier alpha value is -2.11. The predicted octanol–water partition coefficient (Wildman–Crippen LogP) is 1.49. The molecule has 0 unspecified atom stereocenters. The molecule has 6 nitrogen and oxygen atoms in total. The quantitative estimate of drug-likeness (QED) is 0.834. The van der Waals surface area contributed by atoms with Gasteiger partial charge in [0.25, 0.3) is 0 Å². The predicted molar refractivity (Wildman–Crippen MR) is 78.4 cm³/mol. The first-order valence-electron chi connectivity index (χ1n) is 7.21. The van der Waals surface area contributed by atoms with Crippen molar-refractivity contribution in [2.24, 2.45) is 11.8 Å². The standard InChI is InChI=1S/C15H21N3O3/c1-3-18-13(6-7-16-18)4-5-14(19)17-9-11(2)12(10-17)8-15(20)21/h4-7,11-12H,3,8-10H2,1-2H3,(H,20,21)/b5-4+/t11-,12-/m1/s1. The van der Waals surface area contributed by atoms with E-state index in [-0.39, 0.29) is 24.2 Å². The van der Waals surface area contributed by atoms with Crippen LogP contribution in [0.3, 0.4) is 0 Å². The molecule has 1 aliphatic rings. The Bertz CT molecular complexity index is 550. The average molecular weight is 291 g/mol. The Morgan fingerprint density at radius 2 is 2.24 bits per heavy atom. The third kappa shape index (κ3) is 3.71. The fourth-order valence-corrected chi connectivity index (χ4v) is 2.72. The lowest BCUT2D eigenvalue weighted by Gasteiger charge is -2.13. The monoisotopic (exact) mass is 291 g/mol. The molecule has 1 saturated heterocycles. The summed E-state index contributed by atoms with van der Waals surface area (Å²) in [6.45, 7) is 5.88. The van der Waals surface area contributed by atoms with Crippen LogP contribution >= 0.6 is 0 Å². The van der Waals surface area contributed by atoms with E-state index in [1.165, 1.54) is 0 Å². The Kier molecular flexibility index (Phi) is 4.77. The van der Waals surface area contributed by atoms with E-state index in [0.29, 0.717) is 13.1 Å². The lowest BCUT2D eigenvalue weighted by molar-refractivity contribution is -0.138. The molecule has 1 N–H and O–H groups in total. The molecule has 0 radical (unpaired) electrons. The molecule has 2 atom stereocenters. The van der Waals surface area contributed by atoms with Crippen LogP contribution in [0, 0.1) is 11.8 Å². The van der Waals surface area contributed by atoms with E-state index >= 15 is 0 Å². The van der Waals surface area contributed by atoms with E-state index in [2.05, 4.69) is 5.10 Å². The second-order valence-corrected chi connectivity index (χ2v) is 5.48. The molecule has 2 heterocycles. The third-order valence-electron chi connectivity index (χ3n) is 3.96. The fourth-order valence-electron chi connectivity index (χ4n) is 2.72. The Balaban J connectivity index is 1.97. The zero-order valence-electron chi connectivity index (χ0n) is 12.4. The number of nitrogens with zero attached hydrogens (tertiary/aromatic N) is 3. The molecule has 21 heavy (non-hydrogen) atoms. The highest BCUT2D eigenvalue weighted by atomic mass is 16.4. The van der Waals surface area contributed by atoms with Crippen LogP contribution in [0.2, 0.25) is 0 Å². The van der Waals surface area contributed by atoms with Crippen LogP contribution in [0.5, 0.6) is 0 Å². The molecule has 0 spiro atoms. The van der Waals surface area contributed by atoms with Crippen LogP contribution < -0.4 is 0 Å². The molecular weight excluding hydrogens is 270 g/mol. The lowest BCUT2D eigenvalue weighted by atomic mass is 9.95. The second kappa shape index (κ2) is 6.56. The summed E-state index contributed by atoms with van der Waals surface area (Å²) in [5.41, 5.74) is 0.889. The SMILES string of the molecule is CCn1nccc1/C=C/C(=O)N1C[C@@H](CC(=O)O)[C@H](C)C1. The first-order valence-corrected chi connectivity index (χ1v) is 7.21. The molecule has 114 valence electrons. The van der Waals surface area contributed by atoms with Crippen molar-refractivity contribution in [3.8, 4) is 0 Å². The van der Waals surface area contributed by atoms with E-state index in [1.54, 1.807) is 23.2 Å². The minimum absolute atomic E-state index is 0.0426. The number of likely N-dealkylation sites (tertiary alicyclic amines) is 1. The summed E-state index contributed by atoms with van der Waals surface area (Å²) in [6.07, 6.45) is 5.12. The largest absolute Gasteiger partial charge is 0.481 e. The molecular formula is C15H21N3O3. The van der Waals surface area contributed by atoms with Crippen LogP contribution in [0.1, 0.15) is 26.0 Å². The molecule has 0 saturated carbocycles. The topological polar surface area (TPSA) is 75.4 Å². The maximum atomic E-state index is 12.2. The number of carbonyl (C=O) groups is 2. The van der Waals surface area contributed by atoms with Gasteiger partial charge in [0.15, 0.2) is 0 Å². The van der Waals surface area contributed by atoms with Gasteiger partial charge in [-0.2, -0.15) is 5.10 Å². The van der Waals surface area contributed by atoms with Crippen LogP contribution in [0.4, 0.5) is 0 Å². The van der Waals surface area contributed by atoms with Crippen LogP contribution in [0.25, 0.3) is 6.08 Å². The summed E-state index contributed by atoms with van der Waals surface area (Å²) in [5, 5.41) is 13.0. The molecule has 1 amide bonds. The minimum atomic E-state index is -0.802. The molecule has 6 heteroatoms. The van der Waals surface area contributed by atoms with E-state index in [9.17, 15) is 9.59 Å². The molecule has 1 aromatic heterocycles. The van der Waals surface area contributed by atoms with Crippen LogP contribution in [0.15, 0.2) is 18.3 Å². The average Bonchev–Trinajstić information content (AvgIpc) is 3.02. The van der Waals surface area contributed by atoms with Gasteiger partial charge in [0.05, 0.1) is 12.1 Å². The first kappa shape index (κ1) is 15.3. The number of aromatic nitrogens is 2. The van der Waals surface area contributed by atoms with Crippen molar-refractivity contribution in [1.29, 1.82) is 0 Å². The summed E-state index contributed by atoms with van der Waals surface area (Å²) < 4.78 is 1.81. The van der Waals surface area contributed by atoms with Gasteiger partial charge in [-0.25, -0.2) is 0 Å². The van der Waals surface area contributed by atoms with Gasteiger partial charge in [0.2, 0.25) is 5.91 Å². The number of carboxylic acids is 1. The third-order valence-corrected chi connectivity index (χ3v) is 3.96. The number of hydrogen-bond donors (Lipinski definition) is 1. The molecule has 2 rings (SSSR count). The van der Waals surface area contributed by atoms with E-state index in [1.807, 2.05) is 24.6 Å². The summed E-state index contributed by atoms with van der Waals surface area (Å²) >= 11 is 0. The summed E-state index contributed by atoms with van der Waals surface area (Å²) in [5.74, 6) is -0.609. The van der Waals surface area contributed by atoms with Gasteiger partial charge in [0.1, 0.15) is 0 Å². The van der Waals surface area contributed by atoms with Crippen molar-refractivity contribution >= 4 is 18.0 Å². The fraction of sp³-hybridized carbons (Fsp3) is 0.533. The lowest BCUT2D eigenvalue weighted by Crippen LogP contribution is -2.27. The maximum absolute atomic E-state index is 12.2. The second-order valence-electron chi connectivity index (χ2n) is 5.48. The summed E-state index contributed by atoms with van der Waals surface area (Å²) in [6, 6.07) is 1.85. The summed E-state index contributed by atoms with van der Waals surface area (Å²) in [4.78, 5) is 24.7. The Morgan fingerprint density at radius 3 is 2.90 bits per heavy atom. The normalized spacial score (nSPS) is 22.1. The number of carbonyl (C=O) groups excluding carboxylic acids is 1. The van der Waals surface area contributed by atoms with Gasteiger partial charge in [-0.05, 0) is 30.9 Å². The van der Waals surface area contributed by atoms with Gasteiger partial charge in [-0.15, -0.1) is 0 Å². The van der Waals surface area contributed by atoms with Crippen molar-refractivity contribution in [3.63, 3.8) is 0 Å².